The maximum Gasteiger partial charge on any atom is 0.270 e. The average molecular weight is 275 g/mol. The van der Waals surface area contributed by atoms with Gasteiger partial charge in [-0.25, -0.2) is 4.98 Å². The molecule has 0 bridgehead atoms. The van der Waals surface area contributed by atoms with Crippen molar-refractivity contribution in [2.75, 3.05) is 11.9 Å². The van der Waals surface area contributed by atoms with Crippen LogP contribution in [0.25, 0.3) is 0 Å². The molecule has 0 aromatic carbocycles. The van der Waals surface area contributed by atoms with Crippen LogP contribution in [-0.2, 0) is 6.54 Å². The molecule has 0 aliphatic heterocycles. The van der Waals surface area contributed by atoms with Crippen LogP contribution in [0.3, 0.4) is 0 Å². The quantitative estimate of drug-likeness (QED) is 0.830. The zero-order valence-corrected chi connectivity index (χ0v) is 11.5. The van der Waals surface area contributed by atoms with Crippen molar-refractivity contribution >= 4 is 11.6 Å². The Bertz CT molecular complexity index is 564. The molecule has 2 heterocycles. The number of pyridine rings is 1. The number of anilines is 1. The Balaban J connectivity index is 1.88. The van der Waals surface area contributed by atoms with Gasteiger partial charge in [-0.1, -0.05) is 12.1 Å². The molecule has 1 amide bonds. The summed E-state index contributed by atoms with van der Waals surface area (Å²) in [5.74, 6) is 0.638. The van der Waals surface area contributed by atoms with Crippen LogP contribution in [0, 0.1) is 6.92 Å². The lowest BCUT2D eigenvalue weighted by atomic mass is 10.3. The molecule has 0 fully saturated rings. The molecule has 0 aliphatic rings. The molecule has 0 saturated carbocycles. The Hall–Kier alpha value is -2.44. The van der Waals surface area contributed by atoms with E-state index in [2.05, 4.69) is 32.7 Å². The van der Waals surface area contributed by atoms with E-state index < -0.39 is 0 Å². The highest BCUT2D eigenvalue weighted by Crippen LogP contribution is 2.06. The Labute approximate surface area is 116 Å². The van der Waals surface area contributed by atoms with Crippen LogP contribution in [0.4, 0.5) is 5.69 Å². The number of nitrogens with zero attached hydrogens (tertiary/aromatic N) is 3. The van der Waals surface area contributed by atoms with Crippen molar-refractivity contribution in [1.29, 1.82) is 0 Å². The summed E-state index contributed by atoms with van der Waals surface area (Å²) in [4.78, 5) is 20.0. The Morgan fingerprint density at radius 3 is 2.85 bits per heavy atom. The lowest BCUT2D eigenvalue weighted by Crippen LogP contribution is -2.24. The maximum absolute atomic E-state index is 11.9. The molecule has 0 radical (unpaired) electrons. The SMILES string of the molecule is CCCNc1ccc(C(=O)NCc2nc(C)no2)nc1. The van der Waals surface area contributed by atoms with Crippen molar-refractivity contribution in [2.45, 2.75) is 26.8 Å². The molecule has 0 spiro atoms. The van der Waals surface area contributed by atoms with Gasteiger partial charge in [-0.05, 0) is 25.5 Å². The average Bonchev–Trinajstić information content (AvgIpc) is 2.89. The van der Waals surface area contributed by atoms with Gasteiger partial charge in [-0.2, -0.15) is 4.98 Å². The number of rotatable bonds is 6. The first-order chi connectivity index (χ1) is 9.69. The summed E-state index contributed by atoms with van der Waals surface area (Å²) in [5, 5.41) is 9.51. The summed E-state index contributed by atoms with van der Waals surface area (Å²) in [5.41, 5.74) is 1.25. The first-order valence-corrected chi connectivity index (χ1v) is 6.46. The van der Waals surface area contributed by atoms with Gasteiger partial charge in [0, 0.05) is 6.54 Å². The molecule has 7 heteroatoms. The van der Waals surface area contributed by atoms with E-state index >= 15 is 0 Å². The number of aromatic nitrogens is 3. The number of carbonyl (C=O) groups is 1. The fourth-order valence-corrected chi connectivity index (χ4v) is 1.56. The van der Waals surface area contributed by atoms with Gasteiger partial charge in [0.1, 0.15) is 5.69 Å². The highest BCUT2D eigenvalue weighted by molar-refractivity contribution is 5.92. The van der Waals surface area contributed by atoms with Gasteiger partial charge < -0.3 is 15.2 Å². The second-order valence-electron chi connectivity index (χ2n) is 4.28. The van der Waals surface area contributed by atoms with Crippen molar-refractivity contribution < 1.29 is 9.32 Å². The lowest BCUT2D eigenvalue weighted by molar-refractivity contribution is 0.0941. The van der Waals surface area contributed by atoms with Crippen LogP contribution in [0.1, 0.15) is 35.5 Å². The van der Waals surface area contributed by atoms with Crippen LogP contribution in [0.2, 0.25) is 0 Å². The predicted molar refractivity (Wildman–Crippen MR) is 73.2 cm³/mol. The van der Waals surface area contributed by atoms with Crippen molar-refractivity contribution in [2.24, 2.45) is 0 Å². The molecule has 106 valence electrons. The summed E-state index contributed by atoms with van der Waals surface area (Å²) in [7, 11) is 0. The molecular weight excluding hydrogens is 258 g/mol. The lowest BCUT2D eigenvalue weighted by Gasteiger charge is -2.05. The molecule has 0 saturated heterocycles. The van der Waals surface area contributed by atoms with Crippen LogP contribution in [-0.4, -0.2) is 27.6 Å². The molecule has 7 nitrogen and oxygen atoms in total. The minimum Gasteiger partial charge on any atom is -0.384 e. The van der Waals surface area contributed by atoms with Gasteiger partial charge >= 0.3 is 0 Å². The smallest absolute Gasteiger partial charge is 0.270 e. The summed E-state index contributed by atoms with van der Waals surface area (Å²) < 4.78 is 4.91. The van der Waals surface area contributed by atoms with Crippen molar-refractivity contribution in [3.63, 3.8) is 0 Å². The van der Waals surface area contributed by atoms with Gasteiger partial charge in [-0.3, -0.25) is 4.79 Å². The van der Waals surface area contributed by atoms with Gasteiger partial charge in [-0.15, -0.1) is 0 Å². The molecule has 2 aromatic rings. The van der Waals surface area contributed by atoms with E-state index in [1.807, 2.05) is 6.07 Å². The zero-order valence-electron chi connectivity index (χ0n) is 11.5. The topological polar surface area (TPSA) is 92.9 Å². The van der Waals surface area contributed by atoms with E-state index in [0.717, 1.165) is 18.7 Å². The molecule has 20 heavy (non-hydrogen) atoms. The largest absolute Gasteiger partial charge is 0.384 e. The van der Waals surface area contributed by atoms with E-state index in [1.165, 1.54) is 0 Å². The fourth-order valence-electron chi connectivity index (χ4n) is 1.56. The van der Waals surface area contributed by atoms with E-state index in [0.29, 0.717) is 17.4 Å². The van der Waals surface area contributed by atoms with Crippen LogP contribution in [0.15, 0.2) is 22.9 Å². The van der Waals surface area contributed by atoms with E-state index in [-0.39, 0.29) is 12.5 Å². The highest BCUT2D eigenvalue weighted by Gasteiger charge is 2.09. The monoisotopic (exact) mass is 275 g/mol. The van der Waals surface area contributed by atoms with Crippen LogP contribution < -0.4 is 10.6 Å². The Morgan fingerprint density at radius 2 is 2.25 bits per heavy atom. The summed E-state index contributed by atoms with van der Waals surface area (Å²) >= 11 is 0. The van der Waals surface area contributed by atoms with Gasteiger partial charge in [0.2, 0.25) is 5.89 Å². The number of nitrogens with one attached hydrogen (secondary N) is 2. The third-order valence-electron chi connectivity index (χ3n) is 2.55. The first kappa shape index (κ1) is 14.0. The number of carbonyl (C=O) groups excluding carboxylic acids is 1. The minimum atomic E-state index is -0.275. The zero-order chi connectivity index (χ0) is 14.4. The third kappa shape index (κ3) is 3.78. The number of aryl methyl sites for hydroxylation is 1. The molecule has 2 N–H and O–H groups in total. The highest BCUT2D eigenvalue weighted by atomic mass is 16.5. The number of hydrogen-bond acceptors (Lipinski definition) is 6. The Morgan fingerprint density at radius 1 is 1.40 bits per heavy atom. The molecular formula is C13H17N5O2. The second kappa shape index (κ2) is 6.65. The molecule has 0 atom stereocenters. The van der Waals surface area contributed by atoms with E-state index in [9.17, 15) is 4.79 Å². The molecule has 2 aromatic heterocycles. The van der Waals surface area contributed by atoms with Crippen molar-refractivity contribution in [3.8, 4) is 0 Å². The first-order valence-electron chi connectivity index (χ1n) is 6.46. The van der Waals surface area contributed by atoms with E-state index in [4.69, 9.17) is 4.52 Å². The molecule has 0 unspecified atom stereocenters. The van der Waals surface area contributed by atoms with Crippen molar-refractivity contribution in [3.05, 3.63) is 35.7 Å². The summed E-state index contributed by atoms with van der Waals surface area (Å²) in [6.45, 7) is 4.88. The number of amides is 1. The van der Waals surface area contributed by atoms with Crippen molar-refractivity contribution in [1.82, 2.24) is 20.4 Å². The van der Waals surface area contributed by atoms with Gasteiger partial charge in [0.15, 0.2) is 5.82 Å². The summed E-state index contributed by atoms with van der Waals surface area (Å²) in [6.07, 6.45) is 2.67. The van der Waals surface area contributed by atoms with E-state index in [1.54, 1.807) is 19.2 Å². The minimum absolute atomic E-state index is 0.192. The van der Waals surface area contributed by atoms with Crippen LogP contribution in [0.5, 0.6) is 0 Å². The standard InChI is InChI=1S/C13H17N5O2/c1-3-6-14-10-4-5-11(15-7-10)13(19)16-8-12-17-9(2)18-20-12/h4-5,7,14H,3,6,8H2,1-2H3,(H,16,19). The molecule has 0 aliphatic carbocycles. The third-order valence-corrected chi connectivity index (χ3v) is 2.55. The predicted octanol–water partition coefficient (Wildman–Crippen LogP) is 1.52. The fraction of sp³-hybridized carbons (Fsp3) is 0.385. The number of hydrogen-bond donors (Lipinski definition) is 2. The summed E-state index contributed by atoms with van der Waals surface area (Å²) in [6, 6.07) is 3.50. The molecule has 2 rings (SSSR count). The normalized spacial score (nSPS) is 10.3. The Kier molecular flexibility index (Phi) is 4.65. The van der Waals surface area contributed by atoms with Gasteiger partial charge in [0.25, 0.3) is 5.91 Å². The second-order valence-corrected chi connectivity index (χ2v) is 4.28. The maximum atomic E-state index is 11.9. The van der Waals surface area contributed by atoms with Gasteiger partial charge in [0.05, 0.1) is 18.4 Å². The van der Waals surface area contributed by atoms with Crippen LogP contribution >= 0.6 is 0 Å².